The molecule has 7 heteroatoms. The fourth-order valence-corrected chi connectivity index (χ4v) is 10.7. The highest BCUT2D eigenvalue weighted by Gasteiger charge is 2.71. The Kier molecular flexibility index (Phi) is 6.79. The molecule has 214 valence electrons. The van der Waals surface area contributed by atoms with Gasteiger partial charge in [0.05, 0.1) is 11.8 Å². The van der Waals surface area contributed by atoms with E-state index in [0.717, 1.165) is 30.4 Å². The molecule has 40 heavy (non-hydrogen) atoms. The topological polar surface area (TPSA) is 66.7 Å². The molecule has 2 aromatic carbocycles. The molecule has 6 rings (SSSR count). The lowest BCUT2D eigenvalue weighted by Crippen LogP contribution is -2.51. The second kappa shape index (κ2) is 9.81. The number of ether oxygens (including phenoxy) is 1. The predicted octanol–water partition coefficient (Wildman–Crippen LogP) is 5.55. The maximum absolute atomic E-state index is 14.5. The van der Waals surface area contributed by atoms with E-state index in [1.807, 2.05) is 50.2 Å². The Morgan fingerprint density at radius 3 is 2.20 bits per heavy atom. The van der Waals surface area contributed by atoms with Gasteiger partial charge < -0.3 is 4.74 Å². The van der Waals surface area contributed by atoms with Crippen LogP contribution in [0.1, 0.15) is 70.0 Å². The normalized spacial score (nSPS) is 35.5. The first kappa shape index (κ1) is 27.7. The van der Waals surface area contributed by atoms with E-state index in [0.29, 0.717) is 25.6 Å². The van der Waals surface area contributed by atoms with Crippen molar-refractivity contribution in [1.29, 1.82) is 0 Å². The van der Waals surface area contributed by atoms with Gasteiger partial charge in [0.1, 0.15) is 11.6 Å². The Morgan fingerprint density at radius 1 is 0.975 bits per heavy atom. The van der Waals surface area contributed by atoms with Gasteiger partial charge >= 0.3 is 5.97 Å². The molecule has 2 bridgehead atoms. The fraction of sp³-hybridized carbons (Fsp3) is 0.545. The number of fused-ring (bicyclic) bond motifs is 3. The van der Waals surface area contributed by atoms with Gasteiger partial charge in [-0.05, 0) is 41.7 Å². The van der Waals surface area contributed by atoms with E-state index < -0.39 is 27.1 Å². The largest absolute Gasteiger partial charge is 0.460 e. The first-order chi connectivity index (χ1) is 19.1. The summed E-state index contributed by atoms with van der Waals surface area (Å²) in [5.74, 6) is 0.0510. The molecule has 2 aliphatic carbocycles. The summed E-state index contributed by atoms with van der Waals surface area (Å²) in [6.07, 6.45) is 6.48. The van der Waals surface area contributed by atoms with Gasteiger partial charge in [-0.1, -0.05) is 101 Å². The van der Waals surface area contributed by atoms with E-state index in [4.69, 9.17) is 4.74 Å². The van der Waals surface area contributed by atoms with Crippen LogP contribution in [0.25, 0.3) is 0 Å². The number of carbonyl (C=O) groups excluding carboxylic acids is 1. The van der Waals surface area contributed by atoms with Gasteiger partial charge in [0.2, 0.25) is 10.0 Å². The number of rotatable bonds is 9. The number of sulfonamides is 1. The average Bonchev–Trinajstić information content (AvgIpc) is 3.63. The Hall–Kier alpha value is -2.48. The number of nitrogens with zero attached hydrogens (tertiary/aromatic N) is 2. The predicted molar refractivity (Wildman–Crippen MR) is 157 cm³/mol. The lowest BCUT2D eigenvalue weighted by Gasteiger charge is -2.43. The minimum absolute atomic E-state index is 0.00203. The van der Waals surface area contributed by atoms with Crippen LogP contribution < -0.4 is 0 Å². The van der Waals surface area contributed by atoms with Gasteiger partial charge in [0.25, 0.3) is 0 Å². The standard InChI is InChI=1S/C33H42N2O4S/c1-5-34(6-2)40(37,38)23-32-20-19-26(31(32,3)4)21-29(32)39-30(36)33-22-35(33)28(25-15-11-8-12-16-25)18-17-27(33)24-13-9-7-10-14-24/h7-18,26-29H,5-6,19-23H2,1-4H3/t26-,27-,28+,29-,32-,33+,35?/m1/s1. The monoisotopic (exact) mass is 562 g/mol. The van der Waals surface area contributed by atoms with Crippen LogP contribution in [0.4, 0.5) is 0 Å². The van der Waals surface area contributed by atoms with Crippen LogP contribution in [0.2, 0.25) is 0 Å². The summed E-state index contributed by atoms with van der Waals surface area (Å²) in [6.45, 7) is 9.68. The molecule has 6 nitrogen and oxygen atoms in total. The molecule has 0 radical (unpaired) electrons. The second-order valence-corrected chi connectivity index (χ2v) is 14.7. The fourth-order valence-electron chi connectivity index (χ4n) is 8.40. The highest BCUT2D eigenvalue weighted by molar-refractivity contribution is 7.89. The van der Waals surface area contributed by atoms with E-state index in [9.17, 15) is 13.2 Å². The summed E-state index contributed by atoms with van der Waals surface area (Å²) in [6, 6.07) is 20.5. The third-order valence-corrected chi connectivity index (χ3v) is 13.1. The van der Waals surface area contributed by atoms with Crippen molar-refractivity contribution >= 4 is 16.0 Å². The molecule has 2 heterocycles. The molecule has 0 N–H and O–H groups in total. The van der Waals surface area contributed by atoms with Crippen molar-refractivity contribution in [2.24, 2.45) is 16.7 Å². The Labute approximate surface area is 239 Å². The Balaban J connectivity index is 1.34. The second-order valence-electron chi connectivity index (χ2n) is 12.8. The first-order valence-corrected chi connectivity index (χ1v) is 16.5. The van der Waals surface area contributed by atoms with Crippen molar-refractivity contribution in [1.82, 2.24) is 9.21 Å². The van der Waals surface area contributed by atoms with Gasteiger partial charge in [-0.3, -0.25) is 4.90 Å². The highest BCUT2D eigenvalue weighted by Crippen LogP contribution is 2.67. The molecule has 1 saturated heterocycles. The zero-order valence-electron chi connectivity index (χ0n) is 24.1. The third kappa shape index (κ3) is 4.03. The van der Waals surface area contributed by atoms with Gasteiger partial charge in [0, 0.05) is 31.0 Å². The van der Waals surface area contributed by atoms with Crippen molar-refractivity contribution in [2.75, 3.05) is 25.4 Å². The van der Waals surface area contributed by atoms with E-state index >= 15 is 0 Å². The van der Waals surface area contributed by atoms with E-state index in [1.54, 1.807) is 4.31 Å². The van der Waals surface area contributed by atoms with Crippen LogP contribution in [0, 0.1) is 16.7 Å². The summed E-state index contributed by atoms with van der Waals surface area (Å²) in [5, 5.41) is 0. The Bertz CT molecular complexity index is 1390. The summed E-state index contributed by atoms with van der Waals surface area (Å²) >= 11 is 0. The summed E-state index contributed by atoms with van der Waals surface area (Å²) in [5.41, 5.74) is 0.648. The molecule has 1 unspecified atom stereocenters. The van der Waals surface area contributed by atoms with Gasteiger partial charge in [-0.15, -0.1) is 0 Å². The van der Waals surface area contributed by atoms with E-state index in [1.165, 1.54) is 0 Å². The average molecular weight is 563 g/mol. The molecule has 4 aliphatic rings. The maximum Gasteiger partial charge on any atom is 0.329 e. The van der Waals surface area contributed by atoms with Crippen LogP contribution in [-0.2, 0) is 19.6 Å². The molecule has 2 aromatic rings. The van der Waals surface area contributed by atoms with Crippen LogP contribution in [-0.4, -0.2) is 60.6 Å². The van der Waals surface area contributed by atoms with Gasteiger partial charge in [0.15, 0.2) is 0 Å². The lowest BCUT2D eigenvalue weighted by atomic mass is 9.69. The van der Waals surface area contributed by atoms with Gasteiger partial charge in [-0.2, -0.15) is 0 Å². The SMILES string of the molecule is CCN(CC)S(=O)(=O)C[C@]12CC[C@H](C[C@H]1OC(=O)[C@@]13CN1[C@H](c1ccccc1)C=C[C@@H]3c1ccccc1)C2(C)C. The van der Waals surface area contributed by atoms with Gasteiger partial charge in [-0.25, -0.2) is 17.5 Å². The number of esters is 1. The molecule has 3 fully saturated rings. The van der Waals surface area contributed by atoms with Crippen LogP contribution in [0.15, 0.2) is 72.8 Å². The molecule has 7 atom stereocenters. The molecule has 2 aliphatic heterocycles. The summed E-state index contributed by atoms with van der Waals surface area (Å²) in [7, 11) is -3.50. The molecule has 0 spiro atoms. The number of benzene rings is 2. The number of hydrogen-bond acceptors (Lipinski definition) is 5. The number of hydrogen-bond donors (Lipinski definition) is 0. The minimum atomic E-state index is -3.50. The van der Waals surface area contributed by atoms with E-state index in [-0.39, 0.29) is 29.1 Å². The van der Waals surface area contributed by atoms with Crippen molar-refractivity contribution in [3.63, 3.8) is 0 Å². The Morgan fingerprint density at radius 2 is 1.60 bits per heavy atom. The van der Waals surface area contributed by atoms with E-state index in [2.05, 4.69) is 55.2 Å². The lowest BCUT2D eigenvalue weighted by molar-refractivity contribution is -0.162. The summed E-state index contributed by atoms with van der Waals surface area (Å²) in [4.78, 5) is 16.7. The van der Waals surface area contributed by atoms with Crippen molar-refractivity contribution in [3.8, 4) is 0 Å². The molecular formula is C33H42N2O4S. The van der Waals surface area contributed by atoms with Crippen molar-refractivity contribution in [2.45, 2.75) is 70.6 Å². The molecule has 0 aromatic heterocycles. The van der Waals surface area contributed by atoms with Crippen LogP contribution in [0.3, 0.4) is 0 Å². The smallest absolute Gasteiger partial charge is 0.329 e. The molecule has 2 saturated carbocycles. The summed E-state index contributed by atoms with van der Waals surface area (Å²) < 4.78 is 35.4. The molecule has 0 amide bonds. The first-order valence-electron chi connectivity index (χ1n) is 14.8. The van der Waals surface area contributed by atoms with Crippen LogP contribution in [0.5, 0.6) is 0 Å². The maximum atomic E-state index is 14.5. The minimum Gasteiger partial charge on any atom is -0.460 e. The zero-order valence-corrected chi connectivity index (χ0v) is 24.9. The van der Waals surface area contributed by atoms with Crippen molar-refractivity contribution in [3.05, 3.63) is 83.9 Å². The quantitative estimate of drug-likeness (QED) is 0.228. The van der Waals surface area contributed by atoms with Crippen molar-refractivity contribution < 1.29 is 17.9 Å². The zero-order chi connectivity index (χ0) is 28.3. The highest BCUT2D eigenvalue weighted by atomic mass is 32.2. The number of carbonyl (C=O) groups is 1. The molecular weight excluding hydrogens is 520 g/mol. The third-order valence-electron chi connectivity index (χ3n) is 11.0. The van der Waals surface area contributed by atoms with Crippen LogP contribution >= 0.6 is 0 Å².